The van der Waals surface area contributed by atoms with Crippen molar-refractivity contribution >= 4 is 10.9 Å². The lowest BCUT2D eigenvalue weighted by molar-refractivity contribution is 0.451. The molecule has 0 amide bonds. The van der Waals surface area contributed by atoms with Gasteiger partial charge in [-0.05, 0) is 50.2 Å². The minimum atomic E-state index is 0.529. The van der Waals surface area contributed by atoms with Crippen molar-refractivity contribution < 1.29 is 0 Å². The van der Waals surface area contributed by atoms with Crippen molar-refractivity contribution in [1.82, 2.24) is 9.88 Å². The third-order valence-corrected chi connectivity index (χ3v) is 4.82. The zero-order chi connectivity index (χ0) is 13.9. The van der Waals surface area contributed by atoms with Crippen LogP contribution in [0, 0.1) is 5.92 Å². The number of rotatable bonds is 5. The topological polar surface area (TPSA) is 17.0 Å². The van der Waals surface area contributed by atoms with Gasteiger partial charge in [-0.25, -0.2) is 0 Å². The molecule has 3 rings (SSSR count). The highest BCUT2D eigenvalue weighted by atomic mass is 15.0. The molecule has 1 aromatic carbocycles. The van der Waals surface area contributed by atoms with Crippen molar-refractivity contribution in [3.05, 3.63) is 36.0 Å². The molecule has 1 N–H and O–H groups in total. The molecule has 2 heteroatoms. The van der Waals surface area contributed by atoms with Crippen LogP contribution in [0.4, 0.5) is 0 Å². The summed E-state index contributed by atoms with van der Waals surface area (Å²) in [5, 5.41) is 4.76. The maximum absolute atomic E-state index is 3.37. The number of fused-ring (bicyclic) bond motifs is 1. The van der Waals surface area contributed by atoms with Crippen LogP contribution in [0.25, 0.3) is 10.9 Å². The molecular formula is C18H26N2. The van der Waals surface area contributed by atoms with Crippen molar-refractivity contribution in [2.45, 2.75) is 51.6 Å². The van der Waals surface area contributed by atoms with Crippen molar-refractivity contribution in [2.75, 3.05) is 7.05 Å². The number of likely N-dealkylation sites (N-methyl/N-ethyl adjacent to an activating group) is 1. The molecule has 2 aromatic rings. The molecule has 2 nitrogen and oxygen atoms in total. The molecule has 1 fully saturated rings. The number of para-hydroxylation sites is 1. The Morgan fingerprint density at radius 1 is 1.25 bits per heavy atom. The summed E-state index contributed by atoms with van der Waals surface area (Å²) in [6, 6.07) is 11.7. The quantitative estimate of drug-likeness (QED) is 0.869. The fourth-order valence-electron chi connectivity index (χ4n) is 3.52. The highest BCUT2D eigenvalue weighted by Gasteiger charge is 2.18. The monoisotopic (exact) mass is 270 g/mol. The van der Waals surface area contributed by atoms with Gasteiger partial charge in [-0.3, -0.25) is 0 Å². The average molecular weight is 270 g/mol. The largest absolute Gasteiger partial charge is 0.344 e. The number of aromatic nitrogens is 1. The Kier molecular flexibility index (Phi) is 4.11. The fourth-order valence-corrected chi connectivity index (χ4v) is 3.52. The van der Waals surface area contributed by atoms with Gasteiger partial charge in [0, 0.05) is 30.2 Å². The first-order valence-corrected chi connectivity index (χ1v) is 8.02. The summed E-state index contributed by atoms with van der Waals surface area (Å²) in [5.74, 6) is 0.884. The zero-order valence-corrected chi connectivity index (χ0v) is 12.7. The Morgan fingerprint density at radius 2 is 2.00 bits per heavy atom. The third kappa shape index (κ3) is 2.76. The van der Waals surface area contributed by atoms with E-state index >= 15 is 0 Å². The van der Waals surface area contributed by atoms with Crippen LogP contribution >= 0.6 is 0 Å². The van der Waals surface area contributed by atoms with Gasteiger partial charge in [-0.1, -0.05) is 31.0 Å². The molecule has 1 atom stereocenters. The minimum Gasteiger partial charge on any atom is -0.344 e. The van der Waals surface area contributed by atoms with E-state index in [1.807, 2.05) is 0 Å². The molecule has 1 heterocycles. The number of hydrogen-bond donors (Lipinski definition) is 1. The van der Waals surface area contributed by atoms with Crippen LogP contribution in [-0.2, 0) is 13.0 Å². The summed E-state index contributed by atoms with van der Waals surface area (Å²) >= 11 is 0. The van der Waals surface area contributed by atoms with Gasteiger partial charge in [0.2, 0.25) is 0 Å². The Hall–Kier alpha value is -1.28. The van der Waals surface area contributed by atoms with Gasteiger partial charge in [0.1, 0.15) is 0 Å². The third-order valence-electron chi connectivity index (χ3n) is 4.82. The van der Waals surface area contributed by atoms with Crippen LogP contribution in [0.1, 0.15) is 38.3 Å². The fraction of sp³-hybridized carbons (Fsp3) is 0.556. The van der Waals surface area contributed by atoms with Gasteiger partial charge in [-0.2, -0.15) is 0 Å². The van der Waals surface area contributed by atoms with Crippen LogP contribution in [0.5, 0.6) is 0 Å². The first kappa shape index (κ1) is 13.7. The molecule has 1 unspecified atom stereocenters. The predicted molar refractivity (Wildman–Crippen MR) is 86.1 cm³/mol. The highest BCUT2D eigenvalue weighted by molar-refractivity contribution is 5.81. The second-order valence-electron chi connectivity index (χ2n) is 6.35. The van der Waals surface area contributed by atoms with Crippen LogP contribution in [0.15, 0.2) is 30.3 Å². The van der Waals surface area contributed by atoms with Gasteiger partial charge in [0.05, 0.1) is 0 Å². The standard InChI is InChI=1S/C18H26N2/c1-14(19-2)11-17-12-16-9-5-6-10-18(16)20(17)13-15-7-3-4-8-15/h5-6,9-10,12,14-15,19H,3-4,7-8,11,13H2,1-2H3. The summed E-state index contributed by atoms with van der Waals surface area (Å²) in [5.41, 5.74) is 2.90. The van der Waals surface area contributed by atoms with Crippen molar-refractivity contribution in [2.24, 2.45) is 5.92 Å². The van der Waals surface area contributed by atoms with Crippen LogP contribution in [-0.4, -0.2) is 17.7 Å². The Bertz CT molecular complexity index is 564. The van der Waals surface area contributed by atoms with Crippen molar-refractivity contribution in [3.63, 3.8) is 0 Å². The molecule has 0 spiro atoms. The number of benzene rings is 1. The smallest absolute Gasteiger partial charge is 0.0482 e. The Morgan fingerprint density at radius 3 is 2.75 bits per heavy atom. The highest BCUT2D eigenvalue weighted by Crippen LogP contribution is 2.29. The lowest BCUT2D eigenvalue weighted by Gasteiger charge is -2.17. The molecule has 1 aliphatic carbocycles. The molecule has 0 saturated heterocycles. The molecule has 0 aliphatic heterocycles. The molecule has 1 aliphatic rings. The van der Waals surface area contributed by atoms with Crippen LogP contribution < -0.4 is 5.32 Å². The van der Waals surface area contributed by atoms with Gasteiger partial charge in [0.25, 0.3) is 0 Å². The maximum atomic E-state index is 3.37. The second kappa shape index (κ2) is 6.01. The molecule has 0 radical (unpaired) electrons. The number of nitrogens with one attached hydrogen (secondary N) is 1. The summed E-state index contributed by atoms with van der Waals surface area (Å²) < 4.78 is 2.58. The van der Waals surface area contributed by atoms with E-state index < -0.39 is 0 Å². The minimum absolute atomic E-state index is 0.529. The number of hydrogen-bond acceptors (Lipinski definition) is 1. The zero-order valence-electron chi connectivity index (χ0n) is 12.7. The molecular weight excluding hydrogens is 244 g/mol. The van der Waals surface area contributed by atoms with E-state index in [0.29, 0.717) is 6.04 Å². The lowest BCUT2D eigenvalue weighted by Crippen LogP contribution is -2.25. The molecule has 20 heavy (non-hydrogen) atoms. The van der Waals surface area contributed by atoms with Crippen LogP contribution in [0.2, 0.25) is 0 Å². The molecule has 1 saturated carbocycles. The van der Waals surface area contributed by atoms with E-state index in [9.17, 15) is 0 Å². The summed E-state index contributed by atoms with van der Waals surface area (Å²) in [4.78, 5) is 0. The molecule has 108 valence electrons. The maximum Gasteiger partial charge on any atom is 0.0482 e. The van der Waals surface area contributed by atoms with E-state index in [1.54, 1.807) is 0 Å². The lowest BCUT2D eigenvalue weighted by atomic mass is 10.1. The Balaban J connectivity index is 1.94. The van der Waals surface area contributed by atoms with Gasteiger partial charge in [0.15, 0.2) is 0 Å². The van der Waals surface area contributed by atoms with Gasteiger partial charge in [-0.15, -0.1) is 0 Å². The van der Waals surface area contributed by atoms with Crippen LogP contribution in [0.3, 0.4) is 0 Å². The summed E-state index contributed by atoms with van der Waals surface area (Å²) in [6.07, 6.45) is 6.77. The average Bonchev–Trinajstić information content (AvgIpc) is 3.08. The predicted octanol–water partition coefficient (Wildman–Crippen LogP) is 3.98. The number of nitrogens with zero attached hydrogens (tertiary/aromatic N) is 1. The van der Waals surface area contributed by atoms with E-state index in [4.69, 9.17) is 0 Å². The molecule has 0 bridgehead atoms. The van der Waals surface area contributed by atoms with Gasteiger partial charge < -0.3 is 9.88 Å². The van der Waals surface area contributed by atoms with Gasteiger partial charge >= 0.3 is 0 Å². The van der Waals surface area contributed by atoms with E-state index in [-0.39, 0.29) is 0 Å². The summed E-state index contributed by atoms with van der Waals surface area (Å²) in [7, 11) is 2.05. The first-order valence-electron chi connectivity index (χ1n) is 8.02. The SMILES string of the molecule is CNC(C)Cc1cc2ccccc2n1CC1CCCC1. The normalized spacial score (nSPS) is 17.9. The van der Waals surface area contributed by atoms with E-state index in [2.05, 4.69) is 54.2 Å². The van der Waals surface area contributed by atoms with E-state index in [0.717, 1.165) is 12.3 Å². The Labute approximate surface area is 122 Å². The second-order valence-corrected chi connectivity index (χ2v) is 6.35. The molecule has 1 aromatic heterocycles. The van der Waals surface area contributed by atoms with E-state index in [1.165, 1.54) is 48.8 Å². The first-order chi connectivity index (χ1) is 9.78. The van der Waals surface area contributed by atoms with Crippen molar-refractivity contribution in [1.29, 1.82) is 0 Å². The summed E-state index contributed by atoms with van der Waals surface area (Å²) in [6.45, 7) is 3.47. The van der Waals surface area contributed by atoms with Crippen molar-refractivity contribution in [3.8, 4) is 0 Å².